The van der Waals surface area contributed by atoms with Gasteiger partial charge >= 0.3 is 12.1 Å². The minimum absolute atomic E-state index is 0.0309. The van der Waals surface area contributed by atoms with Gasteiger partial charge in [-0.1, -0.05) is 0 Å². The third-order valence-corrected chi connectivity index (χ3v) is 9.33. The van der Waals surface area contributed by atoms with Crippen molar-refractivity contribution in [3.63, 3.8) is 0 Å². The van der Waals surface area contributed by atoms with Crippen LogP contribution in [0.4, 0.5) is 15.0 Å². The third-order valence-electron chi connectivity index (χ3n) is 6.96. The Hall–Kier alpha value is -1.47. The van der Waals surface area contributed by atoms with Gasteiger partial charge in [0, 0.05) is 22.0 Å². The van der Waals surface area contributed by atoms with Crippen LogP contribution in [0.2, 0.25) is 0 Å². The predicted octanol–water partition coefficient (Wildman–Crippen LogP) is 5.17. The molecule has 0 saturated carbocycles. The maximum atomic E-state index is 15.2. The highest BCUT2D eigenvalue weighted by Crippen LogP contribution is 2.39. The highest BCUT2D eigenvalue weighted by molar-refractivity contribution is 14.1. The Balaban J connectivity index is 1.37. The number of rotatable bonds is 5. The molecule has 35 heavy (non-hydrogen) atoms. The average Bonchev–Trinajstić information content (AvgIpc) is 3.32. The zero-order chi connectivity index (χ0) is 25.0. The Bertz CT molecular complexity index is 1140. The summed E-state index contributed by atoms with van der Waals surface area (Å²) < 4.78 is 27.9. The van der Waals surface area contributed by atoms with Crippen molar-refractivity contribution < 1.29 is 18.7 Å². The lowest BCUT2D eigenvalue weighted by atomic mass is 9.95. The first-order valence-corrected chi connectivity index (χ1v) is 13.9. The van der Waals surface area contributed by atoms with E-state index in [1.165, 1.54) is 12.8 Å². The minimum Gasteiger partial charge on any atom is -0.461 e. The molecule has 1 aromatic carbocycles. The minimum atomic E-state index is -0.542. The van der Waals surface area contributed by atoms with Crippen LogP contribution in [0, 0.1) is 9.39 Å². The molecule has 1 N–H and O–H groups in total. The molecule has 0 unspecified atom stereocenters. The summed E-state index contributed by atoms with van der Waals surface area (Å²) in [5.74, 6) is 0.0723. The van der Waals surface area contributed by atoms with E-state index >= 15 is 4.39 Å². The van der Waals surface area contributed by atoms with E-state index in [9.17, 15) is 4.79 Å². The monoisotopic (exact) mass is 661 g/mol. The summed E-state index contributed by atoms with van der Waals surface area (Å²) in [5, 5.41) is 3.96. The van der Waals surface area contributed by atoms with Gasteiger partial charge in [-0.15, -0.1) is 0 Å². The quantitative estimate of drug-likeness (QED) is 0.350. The maximum Gasteiger partial charge on any atom is 0.410 e. The average molecular weight is 662 g/mol. The zero-order valence-electron chi connectivity index (χ0n) is 20.2. The fourth-order valence-electron chi connectivity index (χ4n) is 5.22. The molecule has 1 aromatic heterocycles. The Kier molecular flexibility index (Phi) is 6.79. The molecule has 3 fully saturated rings. The molecular formula is C24H30BrFIN5O3. The predicted molar refractivity (Wildman–Crippen MR) is 143 cm³/mol. The largest absolute Gasteiger partial charge is 0.461 e. The van der Waals surface area contributed by atoms with Crippen molar-refractivity contribution in [2.75, 3.05) is 38.1 Å². The van der Waals surface area contributed by atoms with E-state index in [1.54, 1.807) is 4.90 Å². The van der Waals surface area contributed by atoms with E-state index in [2.05, 4.69) is 58.7 Å². The van der Waals surface area contributed by atoms with Crippen LogP contribution in [0.1, 0.15) is 46.5 Å². The van der Waals surface area contributed by atoms with Gasteiger partial charge in [-0.05, 0) is 104 Å². The van der Waals surface area contributed by atoms with Crippen LogP contribution in [-0.2, 0) is 4.74 Å². The number of nitrogens with zero attached hydrogens (tertiary/aromatic N) is 4. The van der Waals surface area contributed by atoms with Crippen LogP contribution < -0.4 is 10.1 Å². The number of ether oxygens (including phenoxy) is 2. The second-order valence-corrected chi connectivity index (χ2v) is 12.6. The number of halogens is 3. The van der Waals surface area contributed by atoms with Crippen molar-refractivity contribution in [3.05, 3.63) is 19.9 Å². The summed E-state index contributed by atoms with van der Waals surface area (Å²) in [6.07, 6.45) is 4.21. The number of nitrogens with one attached hydrogen (secondary N) is 1. The molecule has 8 nitrogen and oxygen atoms in total. The summed E-state index contributed by atoms with van der Waals surface area (Å²) in [6.45, 7) is 9.20. The molecule has 3 aliphatic heterocycles. The van der Waals surface area contributed by atoms with Crippen molar-refractivity contribution in [1.29, 1.82) is 0 Å². The van der Waals surface area contributed by atoms with Crippen molar-refractivity contribution in [2.24, 2.45) is 0 Å². The van der Waals surface area contributed by atoms with Gasteiger partial charge in [0.2, 0.25) is 0 Å². The van der Waals surface area contributed by atoms with E-state index in [0.29, 0.717) is 35.4 Å². The van der Waals surface area contributed by atoms with Gasteiger partial charge in [0.15, 0.2) is 5.82 Å². The van der Waals surface area contributed by atoms with Gasteiger partial charge in [-0.2, -0.15) is 9.97 Å². The molecule has 3 aliphatic rings. The molecule has 190 valence electrons. The normalized spacial score (nSPS) is 20.1. The summed E-state index contributed by atoms with van der Waals surface area (Å²) in [4.78, 5) is 25.6. The Morgan fingerprint density at radius 3 is 2.63 bits per heavy atom. The highest BCUT2D eigenvalue weighted by Gasteiger charge is 2.45. The number of hydrogen-bond acceptors (Lipinski definition) is 7. The number of likely N-dealkylation sites (tertiary alicyclic amines) is 1. The second-order valence-electron chi connectivity index (χ2n) is 10.7. The Morgan fingerprint density at radius 2 is 1.97 bits per heavy atom. The molecule has 0 radical (unpaired) electrons. The molecule has 1 amide bonds. The fourth-order valence-corrected chi connectivity index (χ4v) is 6.08. The van der Waals surface area contributed by atoms with E-state index in [0.717, 1.165) is 29.5 Å². The van der Waals surface area contributed by atoms with Crippen molar-refractivity contribution in [2.45, 2.75) is 63.6 Å². The van der Waals surface area contributed by atoms with Gasteiger partial charge < -0.3 is 19.7 Å². The maximum absolute atomic E-state index is 15.2. The zero-order valence-corrected chi connectivity index (χ0v) is 23.9. The number of benzene rings is 1. The summed E-state index contributed by atoms with van der Waals surface area (Å²) in [6, 6.07) is 1.99. The van der Waals surface area contributed by atoms with E-state index < -0.39 is 11.4 Å². The van der Waals surface area contributed by atoms with Crippen molar-refractivity contribution in [3.8, 4) is 6.01 Å². The number of carbonyl (C=O) groups excluding carboxylic acids is 1. The van der Waals surface area contributed by atoms with E-state index in [4.69, 9.17) is 9.47 Å². The Labute approximate surface area is 226 Å². The summed E-state index contributed by atoms with van der Waals surface area (Å²) >= 11 is 5.42. The fraction of sp³-hybridized carbons (Fsp3) is 0.625. The molecule has 5 rings (SSSR count). The molecule has 11 heteroatoms. The first-order valence-electron chi connectivity index (χ1n) is 12.0. The van der Waals surface area contributed by atoms with Crippen molar-refractivity contribution >= 4 is 61.3 Å². The van der Waals surface area contributed by atoms with Crippen LogP contribution in [-0.4, -0.2) is 75.8 Å². The number of aromatic nitrogens is 2. The van der Waals surface area contributed by atoms with Gasteiger partial charge in [0.1, 0.15) is 23.5 Å². The lowest BCUT2D eigenvalue weighted by Crippen LogP contribution is -2.58. The van der Waals surface area contributed by atoms with Crippen LogP contribution >= 0.6 is 38.5 Å². The molecule has 0 atom stereocenters. The first kappa shape index (κ1) is 25.2. The number of amides is 1. The molecular weight excluding hydrogens is 632 g/mol. The topological polar surface area (TPSA) is 79.8 Å². The molecule has 4 heterocycles. The third kappa shape index (κ3) is 5.04. The lowest BCUT2D eigenvalue weighted by Gasteiger charge is -2.40. The van der Waals surface area contributed by atoms with Crippen LogP contribution in [0.3, 0.4) is 0 Å². The van der Waals surface area contributed by atoms with Crippen LogP contribution in [0.25, 0.3) is 10.9 Å². The molecule has 3 saturated heterocycles. The van der Waals surface area contributed by atoms with Crippen LogP contribution in [0.5, 0.6) is 6.01 Å². The van der Waals surface area contributed by atoms with Gasteiger partial charge in [-0.25, -0.2) is 9.18 Å². The van der Waals surface area contributed by atoms with Crippen molar-refractivity contribution in [1.82, 2.24) is 19.8 Å². The van der Waals surface area contributed by atoms with Crippen LogP contribution in [0.15, 0.2) is 10.5 Å². The smallest absolute Gasteiger partial charge is 0.410 e. The lowest BCUT2D eigenvalue weighted by molar-refractivity contribution is 0.0104. The molecule has 0 spiro atoms. The van der Waals surface area contributed by atoms with Gasteiger partial charge in [-0.3, -0.25) is 4.90 Å². The molecule has 0 bridgehead atoms. The van der Waals surface area contributed by atoms with Gasteiger partial charge in [0.25, 0.3) is 0 Å². The van der Waals surface area contributed by atoms with E-state index in [-0.39, 0.29) is 29.2 Å². The van der Waals surface area contributed by atoms with E-state index in [1.807, 2.05) is 26.8 Å². The standard InChI is InChI=1S/C24H30BrFIN5O3/c1-23(2,3)35-22(33)31-11-14(12-31)28-20-15-10-16(27)17(25)18(26)19(15)29-21(30-20)34-13-24-6-4-8-32(24)9-5-7-24/h10,14H,4-9,11-13H2,1-3H3,(H,28,29,30). The Morgan fingerprint density at radius 1 is 1.29 bits per heavy atom. The SMILES string of the molecule is CC(C)(C)OC(=O)N1CC(Nc2nc(OCC34CCCN3CCC4)nc3c(F)c(Br)c(I)cc23)C1. The number of fused-ring (bicyclic) bond motifs is 2. The number of carbonyl (C=O) groups is 1. The summed E-state index contributed by atoms with van der Waals surface area (Å²) in [7, 11) is 0. The number of anilines is 1. The molecule has 2 aromatic rings. The second kappa shape index (κ2) is 9.44. The van der Waals surface area contributed by atoms with Gasteiger partial charge in [0.05, 0.1) is 16.1 Å². The first-order chi connectivity index (χ1) is 16.5. The summed E-state index contributed by atoms with van der Waals surface area (Å²) in [5.41, 5.74) is -0.292. The molecule has 0 aliphatic carbocycles. The number of hydrogen-bond donors (Lipinski definition) is 1. The highest BCUT2D eigenvalue weighted by atomic mass is 127.